The smallest absolute Gasteiger partial charge is 0.307 e. The van der Waals surface area contributed by atoms with Gasteiger partial charge in [0.15, 0.2) is 5.76 Å². The number of carboxylic acids is 1. The maximum Gasteiger partial charge on any atom is 0.307 e. The third kappa shape index (κ3) is 4.24. The van der Waals surface area contributed by atoms with Gasteiger partial charge in [0.1, 0.15) is 5.76 Å². The van der Waals surface area contributed by atoms with E-state index in [1.54, 1.807) is 43.3 Å². The average Bonchev–Trinajstić information content (AvgIpc) is 3.13. The number of amides is 1. The van der Waals surface area contributed by atoms with E-state index in [4.69, 9.17) is 9.52 Å². The zero-order valence-electron chi connectivity index (χ0n) is 14.8. The SMILES string of the molecule is Cc1ccc(-c2ccc(C(=O)Nc3ccc(CC(=O)O)cc3)o2)c([N+](=O)[O-])c1. The quantitative estimate of drug-likeness (QED) is 0.491. The number of carbonyl (C=O) groups excluding carboxylic acids is 1. The molecule has 2 N–H and O–H groups in total. The van der Waals surface area contributed by atoms with Crippen LogP contribution in [0.3, 0.4) is 0 Å². The van der Waals surface area contributed by atoms with Crippen molar-refractivity contribution in [1.82, 2.24) is 0 Å². The number of rotatable bonds is 6. The van der Waals surface area contributed by atoms with Crippen molar-refractivity contribution in [2.45, 2.75) is 13.3 Å². The summed E-state index contributed by atoms with van der Waals surface area (Å²) in [6.45, 7) is 1.75. The Morgan fingerprint density at radius 3 is 2.46 bits per heavy atom. The molecule has 142 valence electrons. The topological polar surface area (TPSA) is 123 Å². The number of carboxylic acid groups (broad SMARTS) is 1. The standard InChI is InChI=1S/C20H16N2O6/c1-12-2-7-15(16(10-12)22(26)27)17-8-9-18(28-17)20(25)21-14-5-3-13(4-6-14)11-19(23)24/h2-10H,11H2,1H3,(H,21,25)(H,23,24). The summed E-state index contributed by atoms with van der Waals surface area (Å²) in [5.41, 5.74) is 2.00. The monoisotopic (exact) mass is 380 g/mol. The second kappa shape index (κ2) is 7.75. The van der Waals surface area contributed by atoms with E-state index >= 15 is 0 Å². The van der Waals surface area contributed by atoms with Gasteiger partial charge in [0.25, 0.3) is 11.6 Å². The van der Waals surface area contributed by atoms with E-state index in [0.717, 1.165) is 5.56 Å². The fraction of sp³-hybridized carbons (Fsp3) is 0.100. The maximum atomic E-state index is 12.4. The van der Waals surface area contributed by atoms with Crippen LogP contribution in [0.5, 0.6) is 0 Å². The minimum atomic E-state index is -0.940. The first-order valence-corrected chi connectivity index (χ1v) is 8.31. The molecule has 0 saturated carbocycles. The van der Waals surface area contributed by atoms with Crippen LogP contribution in [0.15, 0.2) is 59.0 Å². The molecular weight excluding hydrogens is 364 g/mol. The Hall–Kier alpha value is -3.94. The Kier molecular flexibility index (Phi) is 5.21. The van der Waals surface area contributed by atoms with E-state index in [-0.39, 0.29) is 29.2 Å². The molecule has 0 saturated heterocycles. The lowest BCUT2D eigenvalue weighted by Gasteiger charge is -2.05. The van der Waals surface area contributed by atoms with Gasteiger partial charge in [0, 0.05) is 11.8 Å². The van der Waals surface area contributed by atoms with Gasteiger partial charge in [-0.3, -0.25) is 19.7 Å². The number of nitrogens with zero attached hydrogens (tertiary/aromatic N) is 1. The van der Waals surface area contributed by atoms with Gasteiger partial charge < -0.3 is 14.8 Å². The normalized spacial score (nSPS) is 10.5. The summed E-state index contributed by atoms with van der Waals surface area (Å²) in [4.78, 5) is 33.8. The van der Waals surface area contributed by atoms with Crippen LogP contribution in [-0.2, 0) is 11.2 Å². The molecule has 0 radical (unpaired) electrons. The van der Waals surface area contributed by atoms with Gasteiger partial charge in [0.2, 0.25) is 0 Å². The Balaban J connectivity index is 1.78. The minimum absolute atomic E-state index is 0.000476. The highest BCUT2D eigenvalue weighted by Gasteiger charge is 2.20. The maximum absolute atomic E-state index is 12.4. The van der Waals surface area contributed by atoms with Crippen LogP contribution >= 0.6 is 0 Å². The van der Waals surface area contributed by atoms with Crippen LogP contribution in [0, 0.1) is 17.0 Å². The van der Waals surface area contributed by atoms with E-state index in [2.05, 4.69) is 5.32 Å². The van der Waals surface area contributed by atoms with Crippen LogP contribution in [0.1, 0.15) is 21.7 Å². The Morgan fingerprint density at radius 1 is 1.11 bits per heavy atom. The molecule has 3 aromatic rings. The number of hydrogen-bond acceptors (Lipinski definition) is 5. The summed E-state index contributed by atoms with van der Waals surface area (Å²) >= 11 is 0. The number of nitro benzene ring substituents is 1. The van der Waals surface area contributed by atoms with Gasteiger partial charge in [-0.15, -0.1) is 0 Å². The number of nitrogens with one attached hydrogen (secondary N) is 1. The van der Waals surface area contributed by atoms with Crippen LogP contribution in [0.25, 0.3) is 11.3 Å². The molecule has 1 heterocycles. The molecule has 8 nitrogen and oxygen atoms in total. The van der Waals surface area contributed by atoms with Crippen LogP contribution in [0.4, 0.5) is 11.4 Å². The highest BCUT2D eigenvalue weighted by molar-refractivity contribution is 6.02. The molecule has 28 heavy (non-hydrogen) atoms. The van der Waals surface area contributed by atoms with Crippen molar-refractivity contribution in [3.63, 3.8) is 0 Å². The first-order valence-electron chi connectivity index (χ1n) is 8.31. The molecule has 0 spiro atoms. The summed E-state index contributed by atoms with van der Waals surface area (Å²) in [6.07, 6.45) is -0.106. The van der Waals surface area contributed by atoms with Gasteiger partial charge in [0.05, 0.1) is 16.9 Å². The number of nitro groups is 1. The molecule has 0 bridgehead atoms. The van der Waals surface area contributed by atoms with Gasteiger partial charge in [-0.1, -0.05) is 18.2 Å². The van der Waals surface area contributed by atoms with Crippen molar-refractivity contribution in [2.75, 3.05) is 5.32 Å². The first kappa shape index (κ1) is 18.8. The van der Waals surface area contributed by atoms with Gasteiger partial charge >= 0.3 is 5.97 Å². The van der Waals surface area contributed by atoms with Crippen LogP contribution in [-0.4, -0.2) is 21.9 Å². The van der Waals surface area contributed by atoms with Crippen molar-refractivity contribution in [3.8, 4) is 11.3 Å². The third-order valence-electron chi connectivity index (χ3n) is 4.01. The van der Waals surface area contributed by atoms with Gasteiger partial charge in [-0.2, -0.15) is 0 Å². The number of furan rings is 1. The molecule has 0 fully saturated rings. The summed E-state index contributed by atoms with van der Waals surface area (Å²) < 4.78 is 5.52. The van der Waals surface area contributed by atoms with Gasteiger partial charge in [-0.05, 0) is 48.4 Å². The van der Waals surface area contributed by atoms with Crippen molar-refractivity contribution < 1.29 is 24.0 Å². The predicted octanol–water partition coefficient (Wildman–Crippen LogP) is 4.04. The zero-order valence-corrected chi connectivity index (χ0v) is 14.8. The van der Waals surface area contributed by atoms with E-state index in [9.17, 15) is 19.7 Å². The average molecular weight is 380 g/mol. The lowest BCUT2D eigenvalue weighted by Crippen LogP contribution is -2.11. The van der Waals surface area contributed by atoms with Crippen LogP contribution in [0.2, 0.25) is 0 Å². The molecule has 1 amide bonds. The first-order chi connectivity index (χ1) is 13.3. The molecule has 0 atom stereocenters. The van der Waals surface area contributed by atoms with E-state index in [1.165, 1.54) is 18.2 Å². The minimum Gasteiger partial charge on any atom is -0.481 e. The fourth-order valence-corrected chi connectivity index (χ4v) is 2.68. The highest BCUT2D eigenvalue weighted by Crippen LogP contribution is 2.32. The number of benzene rings is 2. The number of aliphatic carboxylic acids is 1. The zero-order chi connectivity index (χ0) is 20.3. The van der Waals surface area contributed by atoms with Crippen molar-refractivity contribution >= 4 is 23.3 Å². The summed E-state index contributed by atoms with van der Waals surface area (Å²) in [7, 11) is 0. The van der Waals surface area contributed by atoms with E-state index in [1.807, 2.05) is 0 Å². The Labute approximate surface area is 159 Å². The van der Waals surface area contributed by atoms with E-state index < -0.39 is 16.8 Å². The summed E-state index contributed by atoms with van der Waals surface area (Å²) in [6, 6.07) is 14.1. The number of anilines is 1. The van der Waals surface area contributed by atoms with Crippen molar-refractivity contribution in [3.05, 3.63) is 81.6 Å². The molecule has 8 heteroatoms. The third-order valence-corrected chi connectivity index (χ3v) is 4.01. The molecule has 3 rings (SSSR count). The van der Waals surface area contributed by atoms with Crippen LogP contribution < -0.4 is 5.32 Å². The lowest BCUT2D eigenvalue weighted by molar-refractivity contribution is -0.384. The Bertz CT molecular complexity index is 1050. The number of carbonyl (C=O) groups is 2. The summed E-state index contributed by atoms with van der Waals surface area (Å²) in [5, 5.41) is 22.7. The fourth-order valence-electron chi connectivity index (χ4n) is 2.68. The predicted molar refractivity (Wildman–Crippen MR) is 101 cm³/mol. The molecule has 1 aromatic heterocycles. The molecule has 2 aromatic carbocycles. The van der Waals surface area contributed by atoms with Gasteiger partial charge in [-0.25, -0.2) is 0 Å². The van der Waals surface area contributed by atoms with Crippen molar-refractivity contribution in [1.29, 1.82) is 0 Å². The molecule has 0 unspecified atom stereocenters. The summed E-state index contributed by atoms with van der Waals surface area (Å²) in [5.74, 6) is -1.25. The van der Waals surface area contributed by atoms with E-state index in [0.29, 0.717) is 11.3 Å². The number of hydrogen-bond donors (Lipinski definition) is 2. The number of aryl methyl sites for hydroxylation is 1. The largest absolute Gasteiger partial charge is 0.481 e. The lowest BCUT2D eigenvalue weighted by atomic mass is 10.1. The second-order valence-corrected chi connectivity index (χ2v) is 6.16. The van der Waals surface area contributed by atoms with Crippen molar-refractivity contribution in [2.24, 2.45) is 0 Å². The molecular formula is C20H16N2O6. The Morgan fingerprint density at radius 2 is 1.82 bits per heavy atom. The molecule has 0 aliphatic heterocycles. The molecule has 0 aliphatic carbocycles. The highest BCUT2D eigenvalue weighted by atomic mass is 16.6. The molecule has 0 aliphatic rings. The second-order valence-electron chi connectivity index (χ2n) is 6.16.